The molecule has 2 atom stereocenters. The predicted molar refractivity (Wildman–Crippen MR) is 82.1 cm³/mol. The molecular weight excluding hydrogens is 266 g/mol. The fraction of sp³-hybridized carbons (Fsp3) is 0.588. The number of carbonyl (C=O) groups is 1. The first-order valence-corrected chi connectivity index (χ1v) is 7.58. The molecule has 0 spiro atoms. The van der Waals surface area contributed by atoms with Crippen molar-refractivity contribution in [1.82, 2.24) is 4.90 Å². The number of rotatable bonds is 3. The summed E-state index contributed by atoms with van der Waals surface area (Å²) in [6, 6.07) is 9.72. The van der Waals surface area contributed by atoms with Gasteiger partial charge in [0.1, 0.15) is 5.60 Å². The highest BCUT2D eigenvalue weighted by Crippen LogP contribution is 2.24. The minimum Gasteiger partial charge on any atom is -0.444 e. The number of aliphatic hydroxyl groups is 1. The van der Waals surface area contributed by atoms with Gasteiger partial charge >= 0.3 is 6.09 Å². The Morgan fingerprint density at radius 3 is 2.67 bits per heavy atom. The molecule has 1 N–H and O–H groups in total. The topological polar surface area (TPSA) is 49.8 Å². The van der Waals surface area contributed by atoms with E-state index in [-0.39, 0.29) is 12.1 Å². The predicted octanol–water partition coefficient (Wildman–Crippen LogP) is 2.99. The van der Waals surface area contributed by atoms with Crippen molar-refractivity contribution < 1.29 is 14.6 Å². The van der Waals surface area contributed by atoms with E-state index >= 15 is 0 Å². The third-order valence-corrected chi connectivity index (χ3v) is 3.66. The van der Waals surface area contributed by atoms with E-state index in [1.165, 1.54) is 0 Å². The van der Waals surface area contributed by atoms with Gasteiger partial charge in [-0.2, -0.15) is 0 Å². The molecule has 0 radical (unpaired) electrons. The Labute approximate surface area is 126 Å². The molecule has 0 bridgehead atoms. The number of carbonyl (C=O) groups excluding carboxylic acids is 1. The number of benzene rings is 1. The second kappa shape index (κ2) is 6.48. The van der Waals surface area contributed by atoms with Crippen LogP contribution in [0.5, 0.6) is 0 Å². The van der Waals surface area contributed by atoms with Gasteiger partial charge < -0.3 is 14.7 Å². The Morgan fingerprint density at radius 2 is 2.05 bits per heavy atom. The van der Waals surface area contributed by atoms with Crippen LogP contribution >= 0.6 is 0 Å². The van der Waals surface area contributed by atoms with Crippen molar-refractivity contribution in [3.63, 3.8) is 0 Å². The lowest BCUT2D eigenvalue weighted by atomic mass is 10.0. The molecule has 1 amide bonds. The summed E-state index contributed by atoms with van der Waals surface area (Å²) in [4.78, 5) is 13.9. The van der Waals surface area contributed by atoms with Crippen LogP contribution < -0.4 is 0 Å². The molecule has 1 aromatic rings. The number of nitrogens with zero attached hydrogens (tertiary/aromatic N) is 1. The summed E-state index contributed by atoms with van der Waals surface area (Å²) in [5.74, 6) is 0. The minimum absolute atomic E-state index is 0.153. The normalized spacial score (nSPS) is 20.4. The number of ether oxygens (including phenoxy) is 1. The molecule has 0 saturated carbocycles. The van der Waals surface area contributed by atoms with Gasteiger partial charge in [-0.15, -0.1) is 0 Å². The van der Waals surface area contributed by atoms with E-state index < -0.39 is 11.7 Å². The zero-order chi connectivity index (χ0) is 15.5. The van der Waals surface area contributed by atoms with Crippen molar-refractivity contribution in [2.24, 2.45) is 0 Å². The molecule has 4 nitrogen and oxygen atoms in total. The first-order chi connectivity index (χ1) is 9.87. The van der Waals surface area contributed by atoms with E-state index in [2.05, 4.69) is 0 Å². The Kier molecular flexibility index (Phi) is 4.88. The van der Waals surface area contributed by atoms with Crippen LogP contribution in [0.1, 0.15) is 39.2 Å². The minimum atomic E-state index is -0.553. The third-order valence-electron chi connectivity index (χ3n) is 3.66. The van der Waals surface area contributed by atoms with Gasteiger partial charge in [-0.05, 0) is 39.2 Å². The van der Waals surface area contributed by atoms with Crippen LogP contribution in [0.3, 0.4) is 0 Å². The molecule has 1 aliphatic rings. The average molecular weight is 291 g/mol. The zero-order valence-electron chi connectivity index (χ0n) is 13.1. The Morgan fingerprint density at radius 1 is 1.38 bits per heavy atom. The quantitative estimate of drug-likeness (QED) is 0.931. The van der Waals surface area contributed by atoms with Crippen molar-refractivity contribution in [2.45, 2.75) is 57.8 Å². The van der Waals surface area contributed by atoms with Crippen molar-refractivity contribution in [3.05, 3.63) is 35.9 Å². The summed E-state index contributed by atoms with van der Waals surface area (Å²) < 4.78 is 5.43. The Hall–Kier alpha value is -1.55. The second-order valence-corrected chi connectivity index (χ2v) is 6.64. The number of amides is 1. The zero-order valence-corrected chi connectivity index (χ0v) is 13.1. The molecule has 1 fully saturated rings. The van der Waals surface area contributed by atoms with Crippen molar-refractivity contribution in [2.75, 3.05) is 6.54 Å². The molecule has 1 aliphatic heterocycles. The largest absolute Gasteiger partial charge is 0.444 e. The van der Waals surface area contributed by atoms with Gasteiger partial charge in [-0.3, -0.25) is 0 Å². The van der Waals surface area contributed by atoms with E-state index in [1.807, 2.05) is 51.1 Å². The summed E-state index contributed by atoms with van der Waals surface area (Å²) in [6.07, 6.45) is 1.42. The second-order valence-electron chi connectivity index (χ2n) is 6.64. The van der Waals surface area contributed by atoms with Gasteiger partial charge in [0, 0.05) is 13.0 Å². The van der Waals surface area contributed by atoms with E-state index in [0.717, 1.165) is 18.4 Å². The lowest BCUT2D eigenvalue weighted by Crippen LogP contribution is -2.45. The number of likely N-dealkylation sites (tertiary alicyclic amines) is 1. The third kappa shape index (κ3) is 4.46. The van der Waals surface area contributed by atoms with Crippen molar-refractivity contribution >= 4 is 6.09 Å². The first kappa shape index (κ1) is 15.8. The van der Waals surface area contributed by atoms with Gasteiger partial charge in [0.05, 0.1) is 12.1 Å². The maximum atomic E-state index is 12.2. The van der Waals surface area contributed by atoms with Gasteiger partial charge in [-0.1, -0.05) is 30.3 Å². The molecule has 0 aliphatic carbocycles. The highest BCUT2D eigenvalue weighted by Gasteiger charge is 2.36. The number of aliphatic hydroxyl groups excluding tert-OH is 1. The standard InChI is InChI=1S/C17H25NO3/c1-17(2,3)21-16(20)18-11-7-10-14(18)15(19)12-13-8-5-4-6-9-13/h4-6,8-9,14-15,19H,7,10-12H2,1-3H3/t14-,15+/m0/s1. The lowest BCUT2D eigenvalue weighted by Gasteiger charge is -2.31. The van der Waals surface area contributed by atoms with Crippen molar-refractivity contribution in [3.8, 4) is 0 Å². The SMILES string of the molecule is CC(C)(C)OC(=O)N1CCC[C@H]1[C@H](O)Cc1ccccc1. The molecule has 1 aromatic carbocycles. The molecule has 116 valence electrons. The van der Waals surface area contributed by atoms with Crippen LogP contribution in [0.15, 0.2) is 30.3 Å². The fourth-order valence-electron chi connectivity index (χ4n) is 2.73. The summed E-state index contributed by atoms with van der Waals surface area (Å²) in [5.41, 5.74) is 0.579. The number of hydrogen-bond donors (Lipinski definition) is 1. The Bertz CT molecular complexity index is 467. The molecule has 0 aromatic heterocycles. The van der Waals surface area contributed by atoms with Crippen LogP contribution in [0.4, 0.5) is 4.79 Å². The first-order valence-electron chi connectivity index (χ1n) is 7.58. The highest BCUT2D eigenvalue weighted by atomic mass is 16.6. The Balaban J connectivity index is 1.99. The molecule has 21 heavy (non-hydrogen) atoms. The summed E-state index contributed by atoms with van der Waals surface area (Å²) in [6.45, 7) is 6.23. The van der Waals surface area contributed by atoms with E-state index in [4.69, 9.17) is 4.74 Å². The van der Waals surface area contributed by atoms with Gasteiger partial charge in [0.2, 0.25) is 0 Å². The van der Waals surface area contributed by atoms with E-state index in [1.54, 1.807) is 4.90 Å². The van der Waals surface area contributed by atoms with Gasteiger partial charge in [-0.25, -0.2) is 4.79 Å². The van der Waals surface area contributed by atoms with E-state index in [0.29, 0.717) is 13.0 Å². The van der Waals surface area contributed by atoms with Gasteiger partial charge in [0.15, 0.2) is 0 Å². The highest BCUT2D eigenvalue weighted by molar-refractivity contribution is 5.69. The summed E-state index contributed by atoms with van der Waals surface area (Å²) in [7, 11) is 0. The molecule has 1 heterocycles. The molecule has 1 saturated heterocycles. The average Bonchev–Trinajstić information content (AvgIpc) is 2.87. The summed E-state index contributed by atoms with van der Waals surface area (Å²) in [5, 5.41) is 10.5. The van der Waals surface area contributed by atoms with Crippen LogP contribution in [-0.2, 0) is 11.2 Å². The van der Waals surface area contributed by atoms with Gasteiger partial charge in [0.25, 0.3) is 0 Å². The van der Waals surface area contributed by atoms with Crippen molar-refractivity contribution in [1.29, 1.82) is 0 Å². The number of hydrogen-bond acceptors (Lipinski definition) is 3. The maximum Gasteiger partial charge on any atom is 0.410 e. The molecular formula is C17H25NO3. The molecule has 2 rings (SSSR count). The fourth-order valence-corrected chi connectivity index (χ4v) is 2.73. The van der Waals surface area contributed by atoms with Crippen LogP contribution in [-0.4, -0.2) is 40.4 Å². The molecule has 0 unspecified atom stereocenters. The lowest BCUT2D eigenvalue weighted by molar-refractivity contribution is 0.00536. The molecule has 4 heteroatoms. The summed E-state index contributed by atoms with van der Waals surface area (Å²) >= 11 is 0. The van der Waals surface area contributed by atoms with Crippen LogP contribution in [0, 0.1) is 0 Å². The monoisotopic (exact) mass is 291 g/mol. The smallest absolute Gasteiger partial charge is 0.410 e. The maximum absolute atomic E-state index is 12.2. The van der Waals surface area contributed by atoms with Crippen LogP contribution in [0.25, 0.3) is 0 Å². The van der Waals surface area contributed by atoms with E-state index in [9.17, 15) is 9.90 Å². The van der Waals surface area contributed by atoms with Crippen LogP contribution in [0.2, 0.25) is 0 Å².